The van der Waals surface area contributed by atoms with Gasteiger partial charge in [0.1, 0.15) is 12.2 Å². The number of carbonyl (C=O) groups is 3. The van der Waals surface area contributed by atoms with Gasteiger partial charge in [-0.2, -0.15) is 0 Å². The molecule has 5 aliphatic rings. The maximum absolute atomic E-state index is 13.7. The standard InChI is InChI=1S/C27H30O7/c1-13-15(14-7-9-32-12-14)10-16-20(13)27(4)17(11-19(29)31-5)26(3)18(28)6-8-25(2)22(26)21(23(27)33-16)34-24(25)30/h6-9,12,15-17,21-23H,10-11H2,1-5H3/t15-,16?,17-,21-,22+,23-,25-,26+,27-/m1/s1. The fourth-order valence-electron chi connectivity index (χ4n) is 8.41. The molecule has 6 rings (SSSR count). The molecule has 0 spiro atoms. The minimum Gasteiger partial charge on any atom is -0.472 e. The first-order valence-electron chi connectivity index (χ1n) is 12.0. The molecular weight excluding hydrogens is 436 g/mol. The van der Waals surface area contributed by atoms with Crippen molar-refractivity contribution in [2.24, 2.45) is 28.1 Å². The van der Waals surface area contributed by atoms with Crippen molar-refractivity contribution in [3.8, 4) is 0 Å². The SMILES string of the molecule is COC(=O)C[C@H]1[C@]2(C)C3=C(C)[C@H](c4ccoc4)CC3O[C@@H]2[C@@H]2OC(=O)[C@]3(C)C=CC(=O)[C@@]1(C)[C@@H]23. The lowest BCUT2D eigenvalue weighted by atomic mass is 9.42. The van der Waals surface area contributed by atoms with Crippen LogP contribution in [0.5, 0.6) is 0 Å². The van der Waals surface area contributed by atoms with Gasteiger partial charge in [-0.25, -0.2) is 0 Å². The average molecular weight is 467 g/mol. The Labute approximate surface area is 198 Å². The number of methoxy groups -OCH3 is 1. The van der Waals surface area contributed by atoms with Crippen LogP contribution in [0, 0.1) is 28.1 Å². The molecule has 0 aromatic carbocycles. The third-order valence-electron chi connectivity index (χ3n) is 9.91. The average Bonchev–Trinajstić information content (AvgIpc) is 3.54. The highest BCUT2D eigenvalue weighted by Gasteiger charge is 2.77. The van der Waals surface area contributed by atoms with E-state index in [0.717, 1.165) is 17.6 Å². The number of ketones is 1. The normalized spacial score (nSPS) is 46.3. The molecule has 1 aromatic rings. The van der Waals surface area contributed by atoms with E-state index < -0.39 is 40.3 Å². The molecule has 2 aliphatic heterocycles. The summed E-state index contributed by atoms with van der Waals surface area (Å²) in [6.07, 6.45) is 6.29. The maximum Gasteiger partial charge on any atom is 0.316 e. The van der Waals surface area contributed by atoms with Crippen molar-refractivity contribution in [1.82, 2.24) is 0 Å². The fourth-order valence-corrected chi connectivity index (χ4v) is 8.41. The Morgan fingerprint density at radius 3 is 2.65 bits per heavy atom. The first kappa shape index (κ1) is 21.8. The Kier molecular flexibility index (Phi) is 4.31. The second-order valence-corrected chi connectivity index (χ2v) is 11.2. The van der Waals surface area contributed by atoms with Gasteiger partial charge in [0, 0.05) is 22.7 Å². The molecule has 7 nitrogen and oxygen atoms in total. The quantitative estimate of drug-likeness (QED) is 0.495. The summed E-state index contributed by atoms with van der Waals surface area (Å²) in [7, 11) is 1.37. The minimum atomic E-state index is -0.987. The van der Waals surface area contributed by atoms with Crippen LogP contribution in [-0.2, 0) is 28.6 Å². The maximum atomic E-state index is 13.7. The van der Waals surface area contributed by atoms with Crippen LogP contribution in [0.2, 0.25) is 0 Å². The zero-order valence-corrected chi connectivity index (χ0v) is 20.1. The molecule has 1 unspecified atom stereocenters. The predicted octanol–water partition coefficient (Wildman–Crippen LogP) is 3.74. The molecule has 1 aromatic heterocycles. The van der Waals surface area contributed by atoms with Gasteiger partial charge in [0.2, 0.25) is 0 Å². The Hall–Kier alpha value is -2.67. The summed E-state index contributed by atoms with van der Waals surface area (Å²) < 4.78 is 23.2. The highest BCUT2D eigenvalue weighted by atomic mass is 16.6. The van der Waals surface area contributed by atoms with E-state index >= 15 is 0 Å². The van der Waals surface area contributed by atoms with Crippen LogP contribution >= 0.6 is 0 Å². The van der Waals surface area contributed by atoms with Gasteiger partial charge in [-0.15, -0.1) is 0 Å². The molecule has 0 N–H and O–H groups in total. The van der Waals surface area contributed by atoms with Crippen LogP contribution in [0.25, 0.3) is 0 Å². The summed E-state index contributed by atoms with van der Waals surface area (Å²) in [4.78, 5) is 39.6. The number of carbonyl (C=O) groups excluding carboxylic acids is 3. The summed E-state index contributed by atoms with van der Waals surface area (Å²) in [5, 5.41) is 0. The van der Waals surface area contributed by atoms with E-state index in [9.17, 15) is 14.4 Å². The number of esters is 2. The molecule has 2 saturated heterocycles. The van der Waals surface area contributed by atoms with Crippen LogP contribution in [0.15, 0.2) is 46.3 Å². The van der Waals surface area contributed by atoms with Crippen molar-refractivity contribution in [1.29, 1.82) is 0 Å². The van der Waals surface area contributed by atoms with Crippen LogP contribution < -0.4 is 0 Å². The van der Waals surface area contributed by atoms with E-state index in [4.69, 9.17) is 18.6 Å². The molecule has 0 bridgehead atoms. The van der Waals surface area contributed by atoms with Gasteiger partial charge in [0.05, 0.1) is 37.6 Å². The van der Waals surface area contributed by atoms with E-state index in [0.29, 0.717) is 0 Å². The number of allylic oxidation sites excluding steroid dienone is 2. The Morgan fingerprint density at radius 1 is 1.21 bits per heavy atom. The first-order chi connectivity index (χ1) is 16.1. The van der Waals surface area contributed by atoms with Gasteiger partial charge in [0.25, 0.3) is 0 Å². The van der Waals surface area contributed by atoms with Crippen LogP contribution in [0.3, 0.4) is 0 Å². The first-order valence-corrected chi connectivity index (χ1v) is 12.0. The van der Waals surface area contributed by atoms with Crippen molar-refractivity contribution in [3.05, 3.63) is 47.5 Å². The number of furan rings is 1. The highest BCUT2D eigenvalue weighted by molar-refractivity contribution is 6.00. The number of rotatable bonds is 3. The third kappa shape index (κ3) is 2.34. The molecule has 3 fully saturated rings. The summed E-state index contributed by atoms with van der Waals surface area (Å²) in [5.41, 5.74) is 0.794. The largest absolute Gasteiger partial charge is 0.472 e. The second kappa shape index (κ2) is 6.72. The zero-order chi connectivity index (χ0) is 24.2. The molecule has 1 saturated carbocycles. The van der Waals surface area contributed by atoms with E-state index in [2.05, 4.69) is 13.8 Å². The topological polar surface area (TPSA) is 92.0 Å². The highest BCUT2D eigenvalue weighted by Crippen LogP contribution is 2.72. The smallest absolute Gasteiger partial charge is 0.316 e. The number of hydrogen-bond donors (Lipinski definition) is 0. The van der Waals surface area contributed by atoms with E-state index in [1.807, 2.05) is 19.9 Å². The summed E-state index contributed by atoms with van der Waals surface area (Å²) >= 11 is 0. The molecule has 34 heavy (non-hydrogen) atoms. The van der Waals surface area contributed by atoms with Crippen LogP contribution in [0.1, 0.15) is 52.0 Å². The Morgan fingerprint density at radius 2 is 1.97 bits per heavy atom. The summed E-state index contributed by atoms with van der Waals surface area (Å²) in [5.74, 6) is -1.46. The van der Waals surface area contributed by atoms with Gasteiger partial charge < -0.3 is 18.6 Å². The molecule has 3 heterocycles. The van der Waals surface area contributed by atoms with Crippen molar-refractivity contribution < 1.29 is 33.0 Å². The zero-order valence-electron chi connectivity index (χ0n) is 20.1. The summed E-state index contributed by atoms with van der Waals surface area (Å²) in [6, 6.07) is 1.97. The lowest BCUT2D eigenvalue weighted by molar-refractivity contribution is -0.190. The Bertz CT molecular complexity index is 1160. The van der Waals surface area contributed by atoms with Crippen molar-refractivity contribution in [3.63, 3.8) is 0 Å². The number of ether oxygens (including phenoxy) is 3. The van der Waals surface area contributed by atoms with Crippen molar-refractivity contribution >= 4 is 17.7 Å². The third-order valence-corrected chi connectivity index (χ3v) is 9.91. The lowest BCUT2D eigenvalue weighted by Crippen LogP contribution is -2.66. The van der Waals surface area contributed by atoms with Crippen molar-refractivity contribution in [2.75, 3.05) is 7.11 Å². The minimum absolute atomic E-state index is 0.0658. The predicted molar refractivity (Wildman–Crippen MR) is 119 cm³/mol. The fraction of sp³-hybridized carbons (Fsp3) is 0.593. The molecular formula is C27H30O7. The molecule has 9 atom stereocenters. The van der Waals surface area contributed by atoms with Gasteiger partial charge in [0.15, 0.2) is 5.78 Å². The van der Waals surface area contributed by atoms with Gasteiger partial charge in [-0.05, 0) is 49.5 Å². The van der Waals surface area contributed by atoms with Gasteiger partial charge >= 0.3 is 11.9 Å². The lowest BCUT2D eigenvalue weighted by Gasteiger charge is -2.59. The van der Waals surface area contributed by atoms with E-state index in [1.54, 1.807) is 18.6 Å². The molecule has 0 radical (unpaired) electrons. The summed E-state index contributed by atoms with van der Waals surface area (Å²) in [6.45, 7) is 7.96. The van der Waals surface area contributed by atoms with Crippen molar-refractivity contribution in [2.45, 2.75) is 64.8 Å². The second-order valence-electron chi connectivity index (χ2n) is 11.2. The molecule has 0 amide bonds. The number of hydrogen-bond acceptors (Lipinski definition) is 7. The number of fused-ring (bicyclic) bond motifs is 4. The van der Waals surface area contributed by atoms with Gasteiger partial charge in [-0.3, -0.25) is 14.4 Å². The van der Waals surface area contributed by atoms with Crippen LogP contribution in [-0.4, -0.2) is 43.1 Å². The van der Waals surface area contributed by atoms with Gasteiger partial charge in [-0.1, -0.05) is 25.5 Å². The molecule has 3 aliphatic carbocycles. The monoisotopic (exact) mass is 466 g/mol. The van der Waals surface area contributed by atoms with Crippen LogP contribution in [0.4, 0.5) is 0 Å². The van der Waals surface area contributed by atoms with E-state index in [1.165, 1.54) is 18.8 Å². The molecule has 7 heteroatoms. The van der Waals surface area contributed by atoms with E-state index in [-0.39, 0.29) is 36.2 Å². The Balaban J connectivity index is 1.58. The molecule has 180 valence electrons.